The van der Waals surface area contributed by atoms with E-state index in [1.54, 1.807) is 0 Å². The van der Waals surface area contributed by atoms with Crippen molar-refractivity contribution in [2.75, 3.05) is 31.7 Å². The summed E-state index contributed by atoms with van der Waals surface area (Å²) in [5.41, 5.74) is 5.33. The van der Waals surface area contributed by atoms with E-state index in [1.807, 2.05) is 54.6 Å². The minimum absolute atomic E-state index is 0.0954. The van der Waals surface area contributed by atoms with Crippen molar-refractivity contribution in [1.29, 1.82) is 0 Å². The fraction of sp³-hybridized carbons (Fsp3) is 0.174. The first-order chi connectivity index (χ1) is 15.9. The van der Waals surface area contributed by atoms with E-state index in [0.29, 0.717) is 13.2 Å². The van der Waals surface area contributed by atoms with Gasteiger partial charge in [-0.2, -0.15) is 9.41 Å². The van der Waals surface area contributed by atoms with Crippen molar-refractivity contribution in [3.05, 3.63) is 88.5 Å². The molecule has 1 saturated heterocycles. The summed E-state index contributed by atoms with van der Waals surface area (Å²) in [7, 11) is -3.84. The minimum atomic E-state index is -3.84. The topological polar surface area (TPSA) is 114 Å². The van der Waals surface area contributed by atoms with E-state index in [-0.39, 0.29) is 29.4 Å². The molecular weight excluding hydrogens is 444 g/mol. The molecule has 0 radical (unpaired) electrons. The standard InChI is InChI=1S/C23H22N4O5S/c28-27(29)23-16-21(33(30,31)26-12-14-32-15-13-26)10-11-22(23)25-24-17-18-6-8-20(9-7-18)19-4-2-1-3-5-19/h1-11,16-17,25H,12-15H2/b24-17-. The molecule has 0 spiro atoms. The van der Waals surface area contributed by atoms with Gasteiger partial charge in [-0.25, -0.2) is 8.42 Å². The second-order valence-corrected chi connectivity index (χ2v) is 9.25. The number of hydrogen-bond donors (Lipinski definition) is 1. The molecule has 1 N–H and O–H groups in total. The number of hydrazone groups is 1. The third kappa shape index (κ3) is 5.25. The Balaban J connectivity index is 1.50. The summed E-state index contributed by atoms with van der Waals surface area (Å²) in [6.45, 7) is 1.01. The van der Waals surface area contributed by atoms with Gasteiger partial charge >= 0.3 is 0 Å². The lowest BCUT2D eigenvalue weighted by atomic mass is 10.0. The van der Waals surface area contributed by atoms with Crippen LogP contribution in [0.4, 0.5) is 11.4 Å². The van der Waals surface area contributed by atoms with Gasteiger partial charge < -0.3 is 4.74 Å². The van der Waals surface area contributed by atoms with Crippen LogP contribution in [0.2, 0.25) is 0 Å². The highest BCUT2D eigenvalue weighted by Crippen LogP contribution is 2.29. The Bertz CT molecular complexity index is 1260. The van der Waals surface area contributed by atoms with Gasteiger partial charge in [-0.3, -0.25) is 15.5 Å². The van der Waals surface area contributed by atoms with Gasteiger partial charge in [0, 0.05) is 19.2 Å². The molecule has 1 heterocycles. The van der Waals surface area contributed by atoms with Crippen molar-refractivity contribution in [1.82, 2.24) is 4.31 Å². The maximum atomic E-state index is 12.8. The fourth-order valence-electron chi connectivity index (χ4n) is 3.42. The number of ether oxygens (including phenoxy) is 1. The normalized spacial score (nSPS) is 14.9. The van der Waals surface area contributed by atoms with Crippen LogP contribution in [0.1, 0.15) is 5.56 Å². The molecule has 0 saturated carbocycles. The molecule has 170 valence electrons. The number of sulfonamides is 1. The second-order valence-electron chi connectivity index (χ2n) is 7.31. The van der Waals surface area contributed by atoms with Crippen LogP contribution in [0.3, 0.4) is 0 Å². The molecule has 9 nitrogen and oxygen atoms in total. The summed E-state index contributed by atoms with van der Waals surface area (Å²) >= 11 is 0. The summed E-state index contributed by atoms with van der Waals surface area (Å²) in [6.07, 6.45) is 1.54. The van der Waals surface area contributed by atoms with Crippen LogP contribution in [-0.4, -0.2) is 50.2 Å². The third-order valence-corrected chi connectivity index (χ3v) is 7.08. The quantitative estimate of drug-likeness (QED) is 0.322. The van der Waals surface area contributed by atoms with Gasteiger partial charge in [0.25, 0.3) is 5.69 Å². The van der Waals surface area contributed by atoms with Crippen molar-refractivity contribution in [3.63, 3.8) is 0 Å². The molecule has 0 amide bonds. The Morgan fingerprint density at radius 1 is 0.970 bits per heavy atom. The lowest BCUT2D eigenvalue weighted by Crippen LogP contribution is -2.40. The fourth-order valence-corrected chi connectivity index (χ4v) is 4.85. The number of morpholine rings is 1. The first-order valence-electron chi connectivity index (χ1n) is 10.3. The third-order valence-electron chi connectivity index (χ3n) is 5.19. The van der Waals surface area contributed by atoms with Gasteiger partial charge in [0.2, 0.25) is 10.0 Å². The summed E-state index contributed by atoms with van der Waals surface area (Å²) in [5.74, 6) is 0. The molecular formula is C23H22N4O5S. The molecule has 10 heteroatoms. The summed E-state index contributed by atoms with van der Waals surface area (Å²) in [6, 6.07) is 21.4. The SMILES string of the molecule is O=[N+]([O-])c1cc(S(=O)(=O)N2CCOCC2)ccc1N/N=C\c1ccc(-c2ccccc2)cc1. The summed E-state index contributed by atoms with van der Waals surface area (Å²) < 4.78 is 32.0. The number of rotatable bonds is 7. The van der Waals surface area contributed by atoms with Crippen LogP contribution in [0.5, 0.6) is 0 Å². The van der Waals surface area contributed by atoms with Gasteiger partial charge in [-0.05, 0) is 28.8 Å². The van der Waals surface area contributed by atoms with E-state index in [9.17, 15) is 18.5 Å². The number of benzene rings is 3. The van der Waals surface area contributed by atoms with Crippen molar-refractivity contribution >= 4 is 27.6 Å². The summed E-state index contributed by atoms with van der Waals surface area (Å²) in [4.78, 5) is 10.8. The van der Waals surface area contributed by atoms with Gasteiger partial charge in [0.05, 0.1) is 29.2 Å². The molecule has 1 fully saturated rings. The first-order valence-corrected chi connectivity index (χ1v) is 11.7. The van der Waals surface area contributed by atoms with Crippen LogP contribution in [0, 0.1) is 10.1 Å². The van der Waals surface area contributed by atoms with Crippen LogP contribution < -0.4 is 5.43 Å². The number of anilines is 1. The number of nitro groups is 1. The largest absolute Gasteiger partial charge is 0.379 e. The molecule has 3 aromatic carbocycles. The monoisotopic (exact) mass is 466 g/mol. The maximum Gasteiger partial charge on any atom is 0.295 e. The van der Waals surface area contributed by atoms with Gasteiger partial charge in [-0.15, -0.1) is 0 Å². The zero-order chi connectivity index (χ0) is 23.3. The minimum Gasteiger partial charge on any atom is -0.379 e. The smallest absolute Gasteiger partial charge is 0.295 e. The Morgan fingerprint density at radius 3 is 2.30 bits per heavy atom. The molecule has 0 atom stereocenters. The zero-order valence-electron chi connectivity index (χ0n) is 17.6. The first kappa shape index (κ1) is 22.6. The van der Waals surface area contributed by atoms with Crippen LogP contribution >= 0.6 is 0 Å². The average Bonchev–Trinajstić information content (AvgIpc) is 2.85. The summed E-state index contributed by atoms with van der Waals surface area (Å²) in [5, 5.41) is 15.7. The van der Waals surface area contributed by atoms with Crippen LogP contribution in [-0.2, 0) is 14.8 Å². The van der Waals surface area contributed by atoms with Gasteiger partial charge in [0.1, 0.15) is 5.69 Å². The Hall–Kier alpha value is -3.60. The molecule has 3 aromatic rings. The Morgan fingerprint density at radius 2 is 1.64 bits per heavy atom. The zero-order valence-corrected chi connectivity index (χ0v) is 18.4. The van der Waals surface area contributed by atoms with Gasteiger partial charge in [-0.1, -0.05) is 54.6 Å². The highest BCUT2D eigenvalue weighted by atomic mass is 32.2. The van der Waals surface area contributed by atoms with Crippen LogP contribution in [0.15, 0.2) is 82.8 Å². The Labute approximate surface area is 191 Å². The molecule has 0 aliphatic carbocycles. The van der Waals surface area contributed by atoms with Crippen molar-refractivity contribution in [2.24, 2.45) is 5.10 Å². The highest BCUT2D eigenvalue weighted by molar-refractivity contribution is 7.89. The van der Waals surface area contributed by atoms with E-state index < -0.39 is 14.9 Å². The average molecular weight is 467 g/mol. The number of nitrogens with zero attached hydrogens (tertiary/aromatic N) is 3. The van der Waals surface area contributed by atoms with Gasteiger partial charge in [0.15, 0.2) is 0 Å². The molecule has 0 aromatic heterocycles. The maximum absolute atomic E-state index is 12.8. The Kier molecular flexibility index (Phi) is 6.78. The molecule has 0 bridgehead atoms. The van der Waals surface area contributed by atoms with Crippen LogP contribution in [0.25, 0.3) is 11.1 Å². The lowest BCUT2D eigenvalue weighted by Gasteiger charge is -2.26. The van der Waals surface area contributed by atoms with E-state index in [4.69, 9.17) is 4.74 Å². The predicted octanol–water partition coefficient (Wildman–Crippen LogP) is 3.73. The predicted molar refractivity (Wildman–Crippen MR) is 126 cm³/mol. The van der Waals surface area contributed by atoms with E-state index in [1.165, 1.54) is 22.7 Å². The number of hydrogen-bond acceptors (Lipinski definition) is 7. The lowest BCUT2D eigenvalue weighted by molar-refractivity contribution is -0.384. The van der Waals surface area contributed by atoms with Crippen molar-refractivity contribution in [2.45, 2.75) is 4.90 Å². The molecule has 1 aliphatic rings. The molecule has 1 aliphatic heterocycles. The highest BCUT2D eigenvalue weighted by Gasteiger charge is 2.28. The molecule has 0 unspecified atom stereocenters. The van der Waals surface area contributed by atoms with E-state index >= 15 is 0 Å². The second kappa shape index (κ2) is 9.90. The number of nitrogens with one attached hydrogen (secondary N) is 1. The van der Waals surface area contributed by atoms with E-state index in [2.05, 4.69) is 10.5 Å². The number of nitro benzene ring substituents is 1. The molecule has 4 rings (SSSR count). The van der Waals surface area contributed by atoms with Crippen molar-refractivity contribution in [3.8, 4) is 11.1 Å². The molecule has 33 heavy (non-hydrogen) atoms. The van der Waals surface area contributed by atoms with Crippen molar-refractivity contribution < 1.29 is 18.1 Å². The van der Waals surface area contributed by atoms with E-state index in [0.717, 1.165) is 22.8 Å².